The van der Waals surface area contributed by atoms with Crippen molar-refractivity contribution in [2.24, 2.45) is 0 Å². The first kappa shape index (κ1) is 75.7. The maximum Gasteiger partial charge on any atom is 0.146 e. The minimum Gasteiger partial charge on any atom is -0.306 e. The van der Waals surface area contributed by atoms with E-state index < -0.39 is 32.3 Å². The average Bonchev–Trinajstić information content (AvgIpc) is 0.690. The smallest absolute Gasteiger partial charge is 0.146 e. The molecule has 0 bridgehead atoms. The van der Waals surface area contributed by atoms with E-state index in [1.807, 2.05) is 0 Å². The first-order valence-electron chi connectivity index (χ1n) is 37.8. The standard InChI is InChI=1S/C92H122N2Si4/c1-59(2)95(60(3)4,61(5)6)55-51-79-75-35-31-33-37-77(75)83(53-57-97(65(13)14,66(15)16)67(17)18)87-81(79)47-49-85-89(87)94(74-45-41-72(42-46-74)92(28,29)30)90-86(93(85)73-43-39-71(40-44-73)91(25,26)27)50-48-82-80(52-56-96(62(7)8,63(9)10)64(11)12)76-36-32-34-38-78(76)84(88(82)90)54-58-98(68(19)20,69(21)22)70(23)24/h31-50,59-70H,1-30H3. The molecule has 0 spiro atoms. The SMILES string of the molecule is CC(C)[Si](C#Cc1c2ccccc2c(C#C[Si](C(C)C)(C(C)C)C(C)C)c2c3c(ccc12)N(c1ccc(C(C)(C)C)cc1)c1ccc2c(C#C[Si](C(C)C)(C(C)C)C(C)C)c4ccccc4c(C#C[Si](C(C)C)(C(C)C)C(C)C)c2c1N3c1ccc(C(C)(C)C)cc1)(C(C)C)C(C)C. The highest BCUT2D eigenvalue weighted by molar-refractivity contribution is 6.92. The maximum absolute atomic E-state index is 4.40. The van der Waals surface area contributed by atoms with Gasteiger partial charge in [-0.1, -0.05) is 316 Å². The predicted octanol–water partition coefficient (Wildman–Crippen LogP) is 28.4. The summed E-state index contributed by atoms with van der Waals surface area (Å²) in [6.45, 7) is 72.8. The van der Waals surface area contributed by atoms with Crippen molar-refractivity contribution in [3.8, 4) is 45.9 Å². The molecule has 6 heteroatoms. The first-order valence-corrected chi connectivity index (χ1v) is 46.7. The fraction of sp³-hybridized carbons (Fsp3) is 0.478. The van der Waals surface area contributed by atoms with Crippen LogP contribution in [0.1, 0.15) is 241 Å². The molecule has 0 N–H and O–H groups in total. The van der Waals surface area contributed by atoms with Gasteiger partial charge in [0.2, 0.25) is 0 Å². The van der Waals surface area contributed by atoms with Crippen LogP contribution in [-0.4, -0.2) is 32.3 Å². The molecule has 0 saturated heterocycles. The highest BCUT2D eigenvalue weighted by Gasteiger charge is 2.46. The van der Waals surface area contributed by atoms with Gasteiger partial charge in [-0.25, -0.2) is 0 Å². The van der Waals surface area contributed by atoms with E-state index in [2.05, 4.69) is 385 Å². The van der Waals surface area contributed by atoms with E-state index in [0.29, 0.717) is 66.5 Å². The Morgan fingerprint density at radius 1 is 0.255 bits per heavy atom. The summed E-state index contributed by atoms with van der Waals surface area (Å²) in [6.07, 6.45) is 0. The Kier molecular flexibility index (Phi) is 22.0. The van der Waals surface area contributed by atoms with Crippen LogP contribution in [0.2, 0.25) is 66.5 Å². The van der Waals surface area contributed by atoms with E-state index in [0.717, 1.165) is 88.7 Å². The molecule has 0 radical (unpaired) electrons. The summed E-state index contributed by atoms with van der Waals surface area (Å²) in [5.74, 6) is 17.1. The summed E-state index contributed by atoms with van der Waals surface area (Å²) < 4.78 is 0. The van der Waals surface area contributed by atoms with E-state index in [4.69, 9.17) is 0 Å². The molecule has 516 valence electrons. The van der Waals surface area contributed by atoms with Gasteiger partial charge in [0.05, 0.1) is 22.7 Å². The van der Waals surface area contributed by atoms with E-state index >= 15 is 0 Å². The topological polar surface area (TPSA) is 6.48 Å². The van der Waals surface area contributed by atoms with Gasteiger partial charge in [-0.3, -0.25) is 0 Å². The largest absolute Gasteiger partial charge is 0.306 e. The lowest BCUT2D eigenvalue weighted by molar-refractivity contribution is 0.590. The molecule has 1 aliphatic heterocycles. The van der Waals surface area contributed by atoms with Crippen LogP contribution in [0.25, 0.3) is 43.1 Å². The van der Waals surface area contributed by atoms with Crippen LogP contribution in [0.3, 0.4) is 0 Å². The van der Waals surface area contributed by atoms with Crippen molar-refractivity contribution in [2.75, 3.05) is 9.80 Å². The Bertz CT molecular complexity index is 4220. The van der Waals surface area contributed by atoms with Crippen LogP contribution >= 0.6 is 0 Å². The van der Waals surface area contributed by atoms with Crippen molar-refractivity contribution in [3.63, 3.8) is 0 Å². The molecule has 1 heterocycles. The van der Waals surface area contributed by atoms with Crippen molar-refractivity contribution in [3.05, 3.63) is 155 Å². The Balaban J connectivity index is 1.69. The van der Waals surface area contributed by atoms with Crippen molar-refractivity contribution in [2.45, 2.75) is 285 Å². The number of anilines is 6. The molecule has 0 saturated carbocycles. The van der Waals surface area contributed by atoms with Gasteiger partial charge in [0, 0.05) is 55.2 Å². The summed E-state index contributed by atoms with van der Waals surface area (Å²) in [7, 11) is -9.28. The van der Waals surface area contributed by atoms with Crippen LogP contribution in [-0.2, 0) is 10.8 Å². The van der Waals surface area contributed by atoms with Gasteiger partial charge in [-0.15, -0.1) is 22.2 Å². The molecule has 2 nitrogen and oxygen atoms in total. The van der Waals surface area contributed by atoms with Crippen LogP contribution in [0.5, 0.6) is 0 Å². The lowest BCUT2D eigenvalue weighted by Crippen LogP contribution is -2.43. The molecule has 0 amide bonds. The fourth-order valence-electron chi connectivity index (χ4n) is 19.2. The molecule has 0 atom stereocenters. The van der Waals surface area contributed by atoms with Gasteiger partial charge in [0.15, 0.2) is 0 Å². The molecule has 9 rings (SSSR count). The van der Waals surface area contributed by atoms with E-state index in [-0.39, 0.29) is 10.8 Å². The Morgan fingerprint density at radius 3 is 0.714 bits per heavy atom. The second kappa shape index (κ2) is 28.5. The minimum atomic E-state index is -2.36. The van der Waals surface area contributed by atoms with Gasteiger partial charge in [-0.2, -0.15) is 0 Å². The first-order chi connectivity index (χ1) is 45.8. The van der Waals surface area contributed by atoms with Crippen molar-refractivity contribution < 1.29 is 0 Å². The number of hydrogen-bond acceptors (Lipinski definition) is 2. The zero-order chi connectivity index (χ0) is 72.4. The second-order valence-corrected chi connectivity index (χ2v) is 57.5. The summed E-state index contributed by atoms with van der Waals surface area (Å²) >= 11 is 0. The lowest BCUT2D eigenvalue weighted by Gasteiger charge is -2.42. The average molecular weight is 1370 g/mol. The zero-order valence-electron chi connectivity index (χ0n) is 66.4. The molecular weight excluding hydrogens is 1250 g/mol. The van der Waals surface area contributed by atoms with Gasteiger partial charge < -0.3 is 9.80 Å². The van der Waals surface area contributed by atoms with Crippen LogP contribution in [0.4, 0.5) is 34.1 Å². The van der Waals surface area contributed by atoms with E-state index in [1.165, 1.54) is 21.9 Å². The zero-order valence-corrected chi connectivity index (χ0v) is 70.4. The molecule has 0 fully saturated rings. The number of fused-ring (bicyclic) bond motifs is 8. The number of rotatable bonds is 14. The van der Waals surface area contributed by atoms with Crippen molar-refractivity contribution in [1.82, 2.24) is 0 Å². The highest BCUT2D eigenvalue weighted by Crippen LogP contribution is 2.61. The van der Waals surface area contributed by atoms with Crippen LogP contribution in [0, 0.1) is 45.9 Å². The molecule has 1 aliphatic rings. The van der Waals surface area contributed by atoms with Crippen LogP contribution < -0.4 is 9.80 Å². The van der Waals surface area contributed by atoms with E-state index in [1.54, 1.807) is 0 Å². The summed E-state index contributed by atoms with van der Waals surface area (Å²) in [5, 5.41) is 9.22. The number of nitrogens with zero attached hydrogens (tertiary/aromatic N) is 2. The third kappa shape index (κ3) is 12.9. The minimum absolute atomic E-state index is 0.0555. The van der Waals surface area contributed by atoms with Gasteiger partial charge in [-0.05, 0) is 146 Å². The normalized spacial score (nSPS) is 13.5. The van der Waals surface area contributed by atoms with Crippen LogP contribution in [0.15, 0.2) is 121 Å². The Hall–Kier alpha value is -6.49. The number of hydrogen-bond donors (Lipinski definition) is 0. The quantitative estimate of drug-likeness (QED) is 0.0608. The van der Waals surface area contributed by atoms with Crippen molar-refractivity contribution >= 4 is 110 Å². The van der Waals surface area contributed by atoms with E-state index in [9.17, 15) is 0 Å². The van der Waals surface area contributed by atoms with Gasteiger partial charge >= 0.3 is 0 Å². The second-order valence-electron chi connectivity index (χ2n) is 35.2. The molecule has 8 aromatic rings. The molecule has 98 heavy (non-hydrogen) atoms. The van der Waals surface area contributed by atoms with Gasteiger partial charge in [0.1, 0.15) is 32.3 Å². The Morgan fingerprint density at radius 2 is 0.480 bits per heavy atom. The third-order valence-electron chi connectivity index (χ3n) is 24.3. The predicted molar refractivity (Wildman–Crippen MR) is 448 cm³/mol. The molecule has 8 aromatic carbocycles. The molecule has 0 aromatic heterocycles. The van der Waals surface area contributed by atoms with Gasteiger partial charge in [0.25, 0.3) is 0 Å². The van der Waals surface area contributed by atoms with Crippen molar-refractivity contribution in [1.29, 1.82) is 0 Å². The number of benzene rings is 8. The lowest BCUT2D eigenvalue weighted by atomic mass is 9.85. The summed E-state index contributed by atoms with van der Waals surface area (Å²) in [4.78, 5) is 5.32. The Labute approximate surface area is 600 Å². The highest BCUT2D eigenvalue weighted by atomic mass is 28.3. The molecule has 0 aliphatic carbocycles. The maximum atomic E-state index is 4.40. The summed E-state index contributed by atoms with van der Waals surface area (Å²) in [5.41, 5.74) is 36.2. The third-order valence-corrected chi connectivity index (χ3v) is 49.4. The monoisotopic (exact) mass is 1370 g/mol. The molecule has 0 unspecified atom stereocenters. The fourth-order valence-corrected chi connectivity index (χ4v) is 40.1. The summed E-state index contributed by atoms with van der Waals surface area (Å²) in [6, 6.07) is 47.3. The molecular formula is C92H122N2Si4.